The van der Waals surface area contributed by atoms with Gasteiger partial charge in [0.2, 0.25) is 0 Å². The van der Waals surface area contributed by atoms with Gasteiger partial charge < -0.3 is 4.74 Å². The lowest BCUT2D eigenvalue weighted by atomic mass is 10.1. The van der Waals surface area contributed by atoms with E-state index >= 15 is 0 Å². The number of nitrogens with one attached hydrogen (secondary N) is 1. The van der Waals surface area contributed by atoms with Gasteiger partial charge in [-0.3, -0.25) is 5.43 Å². The minimum atomic E-state index is 0.553. The lowest BCUT2D eigenvalue weighted by Crippen LogP contribution is -1.93. The molecule has 0 atom stereocenters. The van der Waals surface area contributed by atoms with Crippen molar-refractivity contribution in [1.82, 2.24) is 0 Å². The lowest BCUT2D eigenvalue weighted by Gasteiger charge is -2.10. The number of anilines is 1. The van der Waals surface area contributed by atoms with Crippen LogP contribution < -0.4 is 10.2 Å². The molecule has 0 aliphatic rings. The zero-order valence-electron chi connectivity index (χ0n) is 13.9. The number of benzene rings is 3. The number of methoxy groups -OCH3 is 1. The first-order valence-electron chi connectivity index (χ1n) is 7.90. The lowest BCUT2D eigenvalue weighted by molar-refractivity contribution is 0.416. The topological polar surface area (TPSA) is 46.0 Å². The van der Waals surface area contributed by atoms with Crippen molar-refractivity contribution >= 4 is 17.4 Å². The van der Waals surface area contributed by atoms with Crippen LogP contribution in [-0.4, -0.2) is 13.0 Å². The van der Waals surface area contributed by atoms with Gasteiger partial charge in [0.1, 0.15) is 17.3 Å². The third kappa shape index (κ3) is 4.84. The van der Waals surface area contributed by atoms with E-state index in [0.29, 0.717) is 5.88 Å². The summed E-state index contributed by atoms with van der Waals surface area (Å²) in [7, 11) is 1.64. The van der Waals surface area contributed by atoms with Crippen molar-refractivity contribution in [2.45, 2.75) is 4.90 Å². The van der Waals surface area contributed by atoms with Gasteiger partial charge in [-0.05, 0) is 35.4 Å². The van der Waals surface area contributed by atoms with Gasteiger partial charge in [-0.1, -0.05) is 59.8 Å². The van der Waals surface area contributed by atoms with Crippen LogP contribution in [0.5, 0.6) is 5.75 Å². The Morgan fingerprint density at radius 2 is 1.60 bits per heavy atom. The van der Waals surface area contributed by atoms with Crippen molar-refractivity contribution < 1.29 is 4.74 Å². The monoisotopic (exact) mass is 349 g/mol. The molecular formula is C20H19N3OS. The van der Waals surface area contributed by atoms with Crippen molar-refractivity contribution in [3.8, 4) is 16.9 Å². The molecule has 3 aromatic carbocycles. The van der Waals surface area contributed by atoms with E-state index in [1.165, 1.54) is 4.90 Å². The van der Waals surface area contributed by atoms with Gasteiger partial charge in [-0.2, -0.15) is 5.11 Å². The van der Waals surface area contributed by atoms with Crippen LogP contribution in [0.25, 0.3) is 11.1 Å². The van der Waals surface area contributed by atoms with Crippen molar-refractivity contribution in [2.75, 3.05) is 18.4 Å². The molecule has 5 heteroatoms. The third-order valence-corrected chi connectivity index (χ3v) is 4.43. The third-order valence-electron chi connectivity index (χ3n) is 3.58. The second kappa shape index (κ2) is 8.89. The molecule has 25 heavy (non-hydrogen) atoms. The van der Waals surface area contributed by atoms with Crippen LogP contribution in [0.15, 0.2) is 94.1 Å². The summed E-state index contributed by atoms with van der Waals surface area (Å²) in [6.07, 6.45) is 0. The molecular weight excluding hydrogens is 330 g/mol. The largest absolute Gasteiger partial charge is 0.495 e. The van der Waals surface area contributed by atoms with Crippen molar-refractivity contribution in [3.63, 3.8) is 0 Å². The fraction of sp³-hybridized carbons (Fsp3) is 0.100. The number of nitrogens with zero attached hydrogens (tertiary/aromatic N) is 2. The first-order chi connectivity index (χ1) is 12.4. The SMILES string of the molecule is COc1ccc(-c2ccccc2)cc1N/N=N/CSc1ccccc1. The average Bonchev–Trinajstić information content (AvgIpc) is 2.69. The zero-order valence-corrected chi connectivity index (χ0v) is 14.7. The van der Waals surface area contributed by atoms with Gasteiger partial charge >= 0.3 is 0 Å². The Hall–Kier alpha value is -2.79. The number of hydrogen-bond acceptors (Lipinski definition) is 4. The number of thioether (sulfide) groups is 1. The molecule has 0 saturated heterocycles. The molecule has 0 aromatic heterocycles. The van der Waals surface area contributed by atoms with Crippen molar-refractivity contribution in [3.05, 3.63) is 78.9 Å². The first kappa shape index (κ1) is 17.0. The van der Waals surface area contributed by atoms with Crippen LogP contribution in [0.2, 0.25) is 0 Å². The number of hydrogen-bond donors (Lipinski definition) is 1. The van der Waals surface area contributed by atoms with Crippen LogP contribution in [0, 0.1) is 0 Å². The molecule has 4 nitrogen and oxygen atoms in total. The van der Waals surface area contributed by atoms with Crippen LogP contribution in [0.4, 0.5) is 5.69 Å². The summed E-state index contributed by atoms with van der Waals surface area (Å²) in [5.74, 6) is 1.28. The van der Waals surface area contributed by atoms with E-state index in [9.17, 15) is 0 Å². The molecule has 0 amide bonds. The van der Waals surface area contributed by atoms with Gasteiger partial charge in [0, 0.05) is 4.90 Å². The number of rotatable bonds is 7. The van der Waals surface area contributed by atoms with Gasteiger partial charge in [-0.15, -0.1) is 11.8 Å². The van der Waals surface area contributed by atoms with Crippen LogP contribution in [0.1, 0.15) is 0 Å². The smallest absolute Gasteiger partial charge is 0.143 e. The van der Waals surface area contributed by atoms with Crippen LogP contribution in [-0.2, 0) is 0 Å². The summed E-state index contributed by atoms with van der Waals surface area (Å²) >= 11 is 1.63. The van der Waals surface area contributed by atoms with Crippen molar-refractivity contribution in [1.29, 1.82) is 0 Å². The average molecular weight is 349 g/mol. The van der Waals surface area contributed by atoms with E-state index in [2.05, 4.69) is 40.0 Å². The highest BCUT2D eigenvalue weighted by Crippen LogP contribution is 2.30. The summed E-state index contributed by atoms with van der Waals surface area (Å²) < 4.78 is 5.39. The molecule has 3 rings (SSSR count). The highest BCUT2D eigenvalue weighted by atomic mass is 32.2. The minimum Gasteiger partial charge on any atom is -0.495 e. The molecule has 0 fully saturated rings. The van der Waals surface area contributed by atoms with E-state index in [1.807, 2.05) is 54.6 Å². The highest BCUT2D eigenvalue weighted by molar-refractivity contribution is 7.99. The molecule has 0 aliphatic heterocycles. The summed E-state index contributed by atoms with van der Waals surface area (Å²) in [4.78, 5) is 1.17. The van der Waals surface area contributed by atoms with E-state index in [1.54, 1.807) is 18.9 Å². The fourth-order valence-electron chi connectivity index (χ4n) is 2.34. The molecule has 0 heterocycles. The van der Waals surface area contributed by atoms with Gasteiger partial charge in [0.05, 0.1) is 7.11 Å². The van der Waals surface area contributed by atoms with E-state index in [0.717, 1.165) is 22.6 Å². The molecule has 0 aliphatic carbocycles. The Labute approximate surface area is 151 Å². The maximum atomic E-state index is 5.39. The molecule has 0 spiro atoms. The maximum absolute atomic E-state index is 5.39. The molecule has 0 radical (unpaired) electrons. The Bertz CT molecular complexity index is 823. The fourth-order valence-corrected chi connectivity index (χ4v) is 2.96. The Morgan fingerprint density at radius 1 is 0.880 bits per heavy atom. The van der Waals surface area contributed by atoms with E-state index < -0.39 is 0 Å². The molecule has 126 valence electrons. The second-order valence-corrected chi connectivity index (χ2v) is 6.24. The predicted molar refractivity (Wildman–Crippen MR) is 104 cm³/mol. The highest BCUT2D eigenvalue weighted by Gasteiger charge is 2.05. The molecule has 0 unspecified atom stereocenters. The molecule has 1 N–H and O–H groups in total. The van der Waals surface area contributed by atoms with Gasteiger partial charge in [0.25, 0.3) is 0 Å². The molecule has 3 aromatic rings. The number of ether oxygens (including phenoxy) is 1. The quantitative estimate of drug-likeness (QED) is 0.328. The Balaban J connectivity index is 1.65. The Morgan fingerprint density at radius 3 is 2.32 bits per heavy atom. The molecule has 0 saturated carbocycles. The van der Waals surface area contributed by atoms with Gasteiger partial charge in [-0.25, -0.2) is 0 Å². The van der Waals surface area contributed by atoms with E-state index in [4.69, 9.17) is 4.74 Å². The van der Waals surface area contributed by atoms with E-state index in [-0.39, 0.29) is 0 Å². The van der Waals surface area contributed by atoms with Crippen molar-refractivity contribution in [2.24, 2.45) is 10.3 Å². The zero-order chi connectivity index (χ0) is 17.3. The standard InChI is InChI=1S/C20H19N3OS/c1-24-20-13-12-17(16-8-4-2-5-9-16)14-19(20)22-23-21-15-25-18-10-6-3-7-11-18/h2-14H,15H2,1H3,(H,21,22). The maximum Gasteiger partial charge on any atom is 0.143 e. The summed E-state index contributed by atoms with van der Waals surface area (Å²) in [5.41, 5.74) is 6.01. The first-order valence-corrected chi connectivity index (χ1v) is 8.89. The summed E-state index contributed by atoms with van der Waals surface area (Å²) in [6, 6.07) is 26.3. The van der Waals surface area contributed by atoms with Crippen LogP contribution in [0.3, 0.4) is 0 Å². The normalized spacial score (nSPS) is 10.8. The summed E-state index contributed by atoms with van der Waals surface area (Å²) in [6.45, 7) is 0. The minimum absolute atomic E-state index is 0.553. The van der Waals surface area contributed by atoms with Gasteiger partial charge in [0.15, 0.2) is 0 Å². The van der Waals surface area contributed by atoms with Crippen LogP contribution >= 0.6 is 11.8 Å². The summed E-state index contributed by atoms with van der Waals surface area (Å²) in [5, 5.41) is 8.24. The predicted octanol–water partition coefficient (Wildman–Crippen LogP) is 5.89. The molecule has 0 bridgehead atoms. The Kier molecular flexibility index (Phi) is 6.06. The second-order valence-electron chi connectivity index (χ2n) is 5.22.